The molecule has 0 saturated heterocycles. The van der Waals surface area contributed by atoms with Crippen molar-refractivity contribution in [1.82, 2.24) is 0 Å². The standard InChI is InChI=1S/C15H26O2/c16-15-13-11-9-7-5-3-1-2-4-6-8-10-12-14-17-15/h4,6H,1-3,5,7-14H2/b6-4-. The Hall–Kier alpha value is -0.790. The molecular weight excluding hydrogens is 212 g/mol. The third-order valence-electron chi connectivity index (χ3n) is 3.20. The third-order valence-corrected chi connectivity index (χ3v) is 3.20. The lowest BCUT2D eigenvalue weighted by molar-refractivity contribution is -0.143. The van der Waals surface area contributed by atoms with Gasteiger partial charge in [0, 0.05) is 6.42 Å². The van der Waals surface area contributed by atoms with Gasteiger partial charge in [0.1, 0.15) is 0 Å². The van der Waals surface area contributed by atoms with Crippen LogP contribution >= 0.6 is 0 Å². The normalized spacial score (nSPS) is 23.9. The third kappa shape index (κ3) is 8.96. The predicted molar refractivity (Wildman–Crippen MR) is 70.9 cm³/mol. The molecule has 0 aromatic heterocycles. The first-order valence-electron chi connectivity index (χ1n) is 7.20. The SMILES string of the molecule is O=C1CCCCCCCC/C=C\CCCCO1. The van der Waals surface area contributed by atoms with Crippen molar-refractivity contribution in [3.8, 4) is 0 Å². The van der Waals surface area contributed by atoms with Crippen LogP contribution in [-0.2, 0) is 9.53 Å². The molecule has 2 nitrogen and oxygen atoms in total. The molecular formula is C15H26O2. The molecule has 0 aliphatic carbocycles. The zero-order chi connectivity index (χ0) is 12.2. The highest BCUT2D eigenvalue weighted by Crippen LogP contribution is 2.10. The van der Waals surface area contributed by atoms with Gasteiger partial charge in [-0.2, -0.15) is 0 Å². The zero-order valence-electron chi connectivity index (χ0n) is 11.0. The van der Waals surface area contributed by atoms with Gasteiger partial charge >= 0.3 is 5.97 Å². The molecule has 0 spiro atoms. The molecule has 17 heavy (non-hydrogen) atoms. The molecule has 1 aliphatic heterocycles. The maximum atomic E-state index is 11.3. The minimum absolute atomic E-state index is 0.00682. The van der Waals surface area contributed by atoms with E-state index in [1.165, 1.54) is 38.5 Å². The molecule has 0 unspecified atom stereocenters. The van der Waals surface area contributed by atoms with Gasteiger partial charge < -0.3 is 4.74 Å². The average molecular weight is 238 g/mol. The summed E-state index contributed by atoms with van der Waals surface area (Å²) in [5.41, 5.74) is 0. The Balaban J connectivity index is 2.18. The lowest BCUT2D eigenvalue weighted by atomic mass is 10.1. The van der Waals surface area contributed by atoms with E-state index >= 15 is 0 Å². The van der Waals surface area contributed by atoms with Crippen molar-refractivity contribution in [2.24, 2.45) is 0 Å². The van der Waals surface area contributed by atoms with Crippen molar-refractivity contribution in [3.05, 3.63) is 12.2 Å². The maximum Gasteiger partial charge on any atom is 0.305 e. The summed E-state index contributed by atoms with van der Waals surface area (Å²) in [6, 6.07) is 0. The number of esters is 1. The van der Waals surface area contributed by atoms with E-state index in [0.29, 0.717) is 13.0 Å². The Bertz CT molecular complexity index is 221. The highest BCUT2D eigenvalue weighted by Gasteiger charge is 2.02. The van der Waals surface area contributed by atoms with E-state index in [0.717, 1.165) is 25.7 Å². The lowest BCUT2D eigenvalue weighted by Crippen LogP contribution is -2.05. The van der Waals surface area contributed by atoms with Crippen LogP contribution in [0.4, 0.5) is 0 Å². The van der Waals surface area contributed by atoms with E-state index in [1.54, 1.807) is 0 Å². The van der Waals surface area contributed by atoms with Crippen molar-refractivity contribution >= 4 is 5.97 Å². The summed E-state index contributed by atoms with van der Waals surface area (Å²) < 4.78 is 5.18. The van der Waals surface area contributed by atoms with Crippen LogP contribution in [0.1, 0.15) is 70.6 Å². The molecule has 0 aromatic carbocycles. The molecule has 0 fully saturated rings. The summed E-state index contributed by atoms with van der Waals surface area (Å²) in [7, 11) is 0. The average Bonchev–Trinajstić information content (AvgIpc) is 2.32. The van der Waals surface area contributed by atoms with E-state index in [-0.39, 0.29) is 5.97 Å². The van der Waals surface area contributed by atoms with Crippen molar-refractivity contribution in [2.45, 2.75) is 70.6 Å². The van der Waals surface area contributed by atoms with Crippen molar-refractivity contribution in [1.29, 1.82) is 0 Å². The minimum atomic E-state index is -0.00682. The van der Waals surface area contributed by atoms with Crippen LogP contribution in [-0.4, -0.2) is 12.6 Å². The van der Waals surface area contributed by atoms with Crippen molar-refractivity contribution in [3.63, 3.8) is 0 Å². The van der Waals surface area contributed by atoms with E-state index < -0.39 is 0 Å². The molecule has 0 amide bonds. The number of ether oxygens (including phenoxy) is 1. The summed E-state index contributed by atoms with van der Waals surface area (Å²) in [6.45, 7) is 0.604. The number of carbonyl (C=O) groups is 1. The van der Waals surface area contributed by atoms with Crippen LogP contribution in [0.5, 0.6) is 0 Å². The number of hydrogen-bond donors (Lipinski definition) is 0. The summed E-state index contributed by atoms with van der Waals surface area (Å²) in [5, 5.41) is 0. The highest BCUT2D eigenvalue weighted by atomic mass is 16.5. The molecule has 1 heterocycles. The van der Waals surface area contributed by atoms with Gasteiger partial charge in [0.15, 0.2) is 0 Å². The molecule has 1 rings (SSSR count). The quantitative estimate of drug-likeness (QED) is 0.462. The van der Waals surface area contributed by atoms with Gasteiger partial charge in [0.2, 0.25) is 0 Å². The largest absolute Gasteiger partial charge is 0.466 e. The predicted octanol–water partition coefficient (Wildman–Crippen LogP) is 4.39. The molecule has 0 N–H and O–H groups in total. The fourth-order valence-electron chi connectivity index (χ4n) is 2.10. The smallest absolute Gasteiger partial charge is 0.305 e. The van der Waals surface area contributed by atoms with Gasteiger partial charge in [-0.25, -0.2) is 0 Å². The molecule has 98 valence electrons. The Morgan fingerprint density at radius 3 is 2.12 bits per heavy atom. The fraction of sp³-hybridized carbons (Fsp3) is 0.800. The molecule has 0 bridgehead atoms. The Labute approximate surface area is 105 Å². The topological polar surface area (TPSA) is 26.3 Å². The summed E-state index contributed by atoms with van der Waals surface area (Å²) in [6.07, 6.45) is 17.1. The first-order chi connectivity index (χ1) is 8.39. The fourth-order valence-corrected chi connectivity index (χ4v) is 2.10. The van der Waals surface area contributed by atoms with Crippen LogP contribution in [0.25, 0.3) is 0 Å². The number of allylic oxidation sites excluding steroid dienone is 2. The van der Waals surface area contributed by atoms with Crippen molar-refractivity contribution in [2.75, 3.05) is 6.61 Å². The monoisotopic (exact) mass is 238 g/mol. The Morgan fingerprint density at radius 2 is 1.35 bits per heavy atom. The number of carbonyl (C=O) groups excluding carboxylic acids is 1. The molecule has 0 aromatic rings. The second kappa shape index (κ2) is 10.4. The Morgan fingerprint density at radius 1 is 0.765 bits per heavy atom. The van der Waals surface area contributed by atoms with Crippen LogP contribution in [0.2, 0.25) is 0 Å². The number of cyclic esters (lactones) is 1. The molecule has 0 radical (unpaired) electrons. The van der Waals surface area contributed by atoms with E-state index in [9.17, 15) is 4.79 Å². The van der Waals surface area contributed by atoms with Crippen molar-refractivity contribution < 1.29 is 9.53 Å². The number of hydrogen-bond acceptors (Lipinski definition) is 2. The summed E-state index contributed by atoms with van der Waals surface area (Å²) in [4.78, 5) is 11.3. The second-order valence-corrected chi connectivity index (χ2v) is 4.85. The first-order valence-corrected chi connectivity index (χ1v) is 7.20. The van der Waals surface area contributed by atoms with Crippen LogP contribution < -0.4 is 0 Å². The minimum Gasteiger partial charge on any atom is -0.466 e. The van der Waals surface area contributed by atoms with Crippen LogP contribution in [0, 0.1) is 0 Å². The molecule has 0 saturated carbocycles. The number of rotatable bonds is 0. The van der Waals surface area contributed by atoms with Gasteiger partial charge in [-0.1, -0.05) is 37.8 Å². The van der Waals surface area contributed by atoms with E-state index in [2.05, 4.69) is 12.2 Å². The summed E-state index contributed by atoms with van der Waals surface area (Å²) >= 11 is 0. The molecule has 2 heteroatoms. The zero-order valence-corrected chi connectivity index (χ0v) is 11.0. The molecule has 1 aliphatic rings. The Kier molecular flexibility index (Phi) is 8.71. The summed E-state index contributed by atoms with van der Waals surface area (Å²) in [5.74, 6) is -0.00682. The van der Waals surface area contributed by atoms with Gasteiger partial charge in [0.25, 0.3) is 0 Å². The van der Waals surface area contributed by atoms with Gasteiger partial charge in [-0.15, -0.1) is 0 Å². The van der Waals surface area contributed by atoms with E-state index in [4.69, 9.17) is 4.74 Å². The van der Waals surface area contributed by atoms with Crippen LogP contribution in [0.3, 0.4) is 0 Å². The van der Waals surface area contributed by atoms with Gasteiger partial charge in [0.05, 0.1) is 6.61 Å². The first kappa shape index (κ1) is 14.3. The van der Waals surface area contributed by atoms with Gasteiger partial charge in [-0.3, -0.25) is 4.79 Å². The van der Waals surface area contributed by atoms with E-state index in [1.807, 2.05) is 0 Å². The maximum absolute atomic E-state index is 11.3. The van der Waals surface area contributed by atoms with Gasteiger partial charge in [-0.05, 0) is 38.5 Å². The highest BCUT2D eigenvalue weighted by molar-refractivity contribution is 5.69. The second-order valence-electron chi connectivity index (χ2n) is 4.85. The lowest BCUT2D eigenvalue weighted by Gasteiger charge is -2.05. The van der Waals surface area contributed by atoms with Crippen LogP contribution in [0.15, 0.2) is 12.2 Å². The molecule has 0 atom stereocenters.